The molecule has 2 heterocycles. The Hall–Kier alpha value is -2.38. The van der Waals surface area contributed by atoms with Crippen LogP contribution in [0.15, 0.2) is 47.5 Å². The Morgan fingerprint density at radius 2 is 1.81 bits per heavy atom. The number of anilines is 1. The van der Waals surface area contributed by atoms with Crippen molar-refractivity contribution in [3.05, 3.63) is 42.6 Å². The quantitative estimate of drug-likeness (QED) is 0.721. The fourth-order valence-electron chi connectivity index (χ4n) is 3.04. The molecule has 0 bridgehead atoms. The smallest absolute Gasteiger partial charge is 0.242 e. The second kappa shape index (κ2) is 7.09. The lowest BCUT2D eigenvalue weighted by molar-refractivity contribution is 0.521. The van der Waals surface area contributed by atoms with Crippen molar-refractivity contribution in [2.24, 2.45) is 0 Å². The Morgan fingerprint density at radius 1 is 1.08 bits per heavy atom. The monoisotopic (exact) mass is 372 g/mol. The third-order valence-electron chi connectivity index (χ3n) is 4.53. The summed E-state index contributed by atoms with van der Waals surface area (Å²) < 4.78 is 26.4. The van der Waals surface area contributed by atoms with E-state index in [1.54, 1.807) is 32.4 Å². The van der Waals surface area contributed by atoms with Crippen molar-refractivity contribution < 1.29 is 8.42 Å². The van der Waals surface area contributed by atoms with Crippen LogP contribution >= 0.6 is 0 Å². The van der Waals surface area contributed by atoms with E-state index in [1.807, 2.05) is 24.3 Å². The summed E-state index contributed by atoms with van der Waals surface area (Å²) in [6.07, 6.45) is 1.75. The minimum atomic E-state index is -3.51. The van der Waals surface area contributed by atoms with Crippen LogP contribution in [0.1, 0.15) is 13.8 Å². The van der Waals surface area contributed by atoms with Gasteiger partial charge in [0.2, 0.25) is 10.0 Å². The zero-order valence-electron chi connectivity index (χ0n) is 15.5. The van der Waals surface area contributed by atoms with E-state index < -0.39 is 10.0 Å². The molecule has 26 heavy (non-hydrogen) atoms. The summed E-state index contributed by atoms with van der Waals surface area (Å²) in [5.41, 5.74) is 4.49. The van der Waals surface area contributed by atoms with Gasteiger partial charge < -0.3 is 9.88 Å². The molecule has 0 saturated heterocycles. The van der Waals surface area contributed by atoms with Crippen molar-refractivity contribution in [3.8, 4) is 11.3 Å². The van der Waals surface area contributed by atoms with Crippen molar-refractivity contribution in [2.45, 2.75) is 18.7 Å². The van der Waals surface area contributed by atoms with Crippen LogP contribution < -0.4 is 4.90 Å². The first kappa shape index (κ1) is 18.4. The van der Waals surface area contributed by atoms with E-state index in [1.165, 1.54) is 4.31 Å². The van der Waals surface area contributed by atoms with Gasteiger partial charge in [0.15, 0.2) is 0 Å². The maximum Gasteiger partial charge on any atom is 0.242 e. The van der Waals surface area contributed by atoms with Crippen molar-refractivity contribution in [2.75, 3.05) is 32.1 Å². The maximum atomic E-state index is 12.6. The molecule has 1 N–H and O–H groups in total. The summed E-state index contributed by atoms with van der Waals surface area (Å²) in [6, 6.07) is 11.1. The fourth-order valence-corrected chi connectivity index (χ4v) is 3.97. The molecule has 0 fully saturated rings. The van der Waals surface area contributed by atoms with Gasteiger partial charge in [-0.2, -0.15) is 0 Å². The first-order chi connectivity index (χ1) is 12.4. The van der Waals surface area contributed by atoms with Gasteiger partial charge in [-0.1, -0.05) is 0 Å². The largest absolute Gasteiger partial charge is 0.372 e. The molecule has 0 spiro atoms. The number of hydrogen-bond donors (Lipinski definition) is 1. The second-order valence-corrected chi connectivity index (χ2v) is 8.41. The Kier molecular flexibility index (Phi) is 5.02. The zero-order valence-corrected chi connectivity index (χ0v) is 16.3. The van der Waals surface area contributed by atoms with E-state index in [-0.39, 0.29) is 4.90 Å². The van der Waals surface area contributed by atoms with E-state index >= 15 is 0 Å². The summed E-state index contributed by atoms with van der Waals surface area (Å²) in [7, 11) is -0.424. The van der Waals surface area contributed by atoms with Gasteiger partial charge in [-0.15, -0.1) is 0 Å². The number of rotatable bonds is 6. The van der Waals surface area contributed by atoms with Gasteiger partial charge in [-0.05, 0) is 50.2 Å². The molecule has 0 radical (unpaired) electrons. The molecule has 6 nitrogen and oxygen atoms in total. The summed E-state index contributed by atoms with van der Waals surface area (Å²) in [5.74, 6) is 0. The molecule has 0 atom stereocenters. The number of aromatic nitrogens is 2. The van der Waals surface area contributed by atoms with Crippen LogP contribution in [0.5, 0.6) is 0 Å². The summed E-state index contributed by atoms with van der Waals surface area (Å²) in [4.78, 5) is 10.2. The molecular weight excluding hydrogens is 348 g/mol. The van der Waals surface area contributed by atoms with Gasteiger partial charge in [0.1, 0.15) is 0 Å². The number of nitrogens with zero attached hydrogens (tertiary/aromatic N) is 3. The minimum Gasteiger partial charge on any atom is -0.372 e. The van der Waals surface area contributed by atoms with Crippen LogP contribution in [-0.4, -0.2) is 49.9 Å². The Balaban J connectivity index is 2.24. The topological polar surface area (TPSA) is 69.3 Å². The molecule has 7 heteroatoms. The van der Waals surface area contributed by atoms with Crippen molar-refractivity contribution in [3.63, 3.8) is 0 Å². The molecule has 0 unspecified atom stereocenters. The molecule has 0 aliphatic rings. The number of H-pyrrole nitrogens is 1. The van der Waals surface area contributed by atoms with E-state index in [0.717, 1.165) is 41.1 Å². The van der Waals surface area contributed by atoms with E-state index in [0.29, 0.717) is 0 Å². The van der Waals surface area contributed by atoms with E-state index in [4.69, 9.17) is 0 Å². The van der Waals surface area contributed by atoms with Crippen LogP contribution in [0.4, 0.5) is 5.69 Å². The molecule has 2 aromatic heterocycles. The number of hydrogen-bond acceptors (Lipinski definition) is 4. The van der Waals surface area contributed by atoms with Crippen LogP contribution in [0, 0.1) is 0 Å². The van der Waals surface area contributed by atoms with Crippen LogP contribution in [0.2, 0.25) is 0 Å². The van der Waals surface area contributed by atoms with Gasteiger partial charge in [-0.3, -0.25) is 4.98 Å². The number of sulfonamides is 1. The minimum absolute atomic E-state index is 0.278. The lowest BCUT2D eigenvalue weighted by Crippen LogP contribution is -2.24. The first-order valence-electron chi connectivity index (χ1n) is 8.64. The SMILES string of the molecule is CCN(CC)c1ccc(S(=O)(=O)N(C)C)cc1-c1cc2ncccc2[nH]1. The van der Waals surface area contributed by atoms with Gasteiger partial charge in [0.25, 0.3) is 0 Å². The van der Waals surface area contributed by atoms with Crippen molar-refractivity contribution in [1.29, 1.82) is 0 Å². The molecule has 3 aromatic rings. The highest BCUT2D eigenvalue weighted by Crippen LogP contribution is 2.34. The number of benzene rings is 1. The average Bonchev–Trinajstić information content (AvgIpc) is 3.06. The molecule has 3 rings (SSSR count). The zero-order chi connectivity index (χ0) is 18.9. The summed E-state index contributed by atoms with van der Waals surface area (Å²) in [6.45, 7) is 5.85. The fraction of sp³-hybridized carbons (Fsp3) is 0.316. The maximum absolute atomic E-state index is 12.6. The first-order valence-corrected chi connectivity index (χ1v) is 10.1. The molecule has 0 aliphatic heterocycles. The van der Waals surface area contributed by atoms with Crippen molar-refractivity contribution in [1.82, 2.24) is 14.3 Å². The lowest BCUT2D eigenvalue weighted by atomic mass is 10.1. The number of nitrogens with one attached hydrogen (secondary N) is 1. The molecule has 0 amide bonds. The van der Waals surface area contributed by atoms with Gasteiger partial charge in [-0.25, -0.2) is 12.7 Å². The van der Waals surface area contributed by atoms with Gasteiger partial charge in [0.05, 0.1) is 21.6 Å². The number of pyridine rings is 1. The summed E-state index contributed by atoms with van der Waals surface area (Å²) >= 11 is 0. The Labute approximate surface area is 154 Å². The summed E-state index contributed by atoms with van der Waals surface area (Å²) in [5, 5.41) is 0. The highest BCUT2D eigenvalue weighted by atomic mass is 32.2. The van der Waals surface area contributed by atoms with E-state index in [2.05, 4.69) is 28.7 Å². The van der Waals surface area contributed by atoms with Crippen molar-refractivity contribution >= 4 is 26.7 Å². The molecule has 0 aliphatic carbocycles. The molecule has 138 valence electrons. The highest BCUT2D eigenvalue weighted by molar-refractivity contribution is 7.89. The predicted molar refractivity (Wildman–Crippen MR) is 106 cm³/mol. The second-order valence-electron chi connectivity index (χ2n) is 6.26. The Morgan fingerprint density at radius 3 is 2.42 bits per heavy atom. The van der Waals surface area contributed by atoms with Crippen LogP contribution in [0.25, 0.3) is 22.3 Å². The normalized spacial score (nSPS) is 12.0. The third-order valence-corrected chi connectivity index (χ3v) is 6.34. The average molecular weight is 372 g/mol. The molecular formula is C19H24N4O2S. The predicted octanol–water partition coefficient (Wildman–Crippen LogP) is 3.33. The number of aromatic amines is 1. The van der Waals surface area contributed by atoms with Gasteiger partial charge in [0, 0.05) is 44.6 Å². The molecule has 0 saturated carbocycles. The van der Waals surface area contributed by atoms with E-state index in [9.17, 15) is 8.42 Å². The van der Waals surface area contributed by atoms with Gasteiger partial charge >= 0.3 is 0 Å². The highest BCUT2D eigenvalue weighted by Gasteiger charge is 2.21. The standard InChI is InChI=1S/C19H24N4O2S/c1-5-23(6-2)19-10-9-14(26(24,25)22(3)4)12-15(19)17-13-18-16(21-17)8-7-11-20-18/h7-13,21H,5-6H2,1-4H3. The Bertz CT molecular complexity index is 988. The molecule has 1 aromatic carbocycles. The van der Waals surface area contributed by atoms with Crippen LogP contribution in [-0.2, 0) is 10.0 Å². The third kappa shape index (κ3) is 3.20. The lowest BCUT2D eigenvalue weighted by Gasteiger charge is -2.24. The number of fused-ring (bicyclic) bond motifs is 1. The van der Waals surface area contributed by atoms with Crippen LogP contribution in [0.3, 0.4) is 0 Å².